The fraction of sp³-hybridized carbons (Fsp3) is 0.556. The van der Waals surface area contributed by atoms with Crippen molar-refractivity contribution in [1.29, 1.82) is 0 Å². The highest BCUT2D eigenvalue weighted by atomic mass is 32.1. The SMILES string of the molecule is CC(C)(C)c1ccc(CN)s1. The molecule has 0 bridgehead atoms. The van der Waals surface area contributed by atoms with Crippen molar-refractivity contribution in [3.8, 4) is 0 Å². The van der Waals surface area contributed by atoms with E-state index in [1.165, 1.54) is 9.75 Å². The second-order valence-electron chi connectivity index (χ2n) is 3.72. The van der Waals surface area contributed by atoms with Crippen molar-refractivity contribution in [1.82, 2.24) is 0 Å². The van der Waals surface area contributed by atoms with Crippen molar-refractivity contribution in [2.75, 3.05) is 0 Å². The number of rotatable bonds is 1. The zero-order chi connectivity index (χ0) is 8.48. The van der Waals surface area contributed by atoms with Crippen LogP contribution < -0.4 is 5.73 Å². The van der Waals surface area contributed by atoms with Gasteiger partial charge in [0.15, 0.2) is 0 Å². The molecule has 2 N–H and O–H groups in total. The van der Waals surface area contributed by atoms with E-state index in [-0.39, 0.29) is 5.41 Å². The van der Waals surface area contributed by atoms with Gasteiger partial charge in [0.05, 0.1) is 0 Å². The number of thiophene rings is 1. The Kier molecular flexibility index (Phi) is 2.35. The normalized spacial score (nSPS) is 12.0. The molecule has 2 heteroatoms. The van der Waals surface area contributed by atoms with Gasteiger partial charge in [-0.1, -0.05) is 20.8 Å². The maximum atomic E-state index is 5.52. The van der Waals surface area contributed by atoms with Gasteiger partial charge in [0.1, 0.15) is 0 Å². The summed E-state index contributed by atoms with van der Waals surface area (Å²) in [6.45, 7) is 7.33. The highest BCUT2D eigenvalue weighted by molar-refractivity contribution is 7.12. The van der Waals surface area contributed by atoms with Crippen LogP contribution in [0.3, 0.4) is 0 Å². The van der Waals surface area contributed by atoms with Crippen molar-refractivity contribution in [3.05, 3.63) is 21.9 Å². The Labute approximate surface area is 72.2 Å². The average Bonchev–Trinajstić information content (AvgIpc) is 2.32. The van der Waals surface area contributed by atoms with Crippen LogP contribution in [-0.4, -0.2) is 0 Å². The lowest BCUT2D eigenvalue weighted by Gasteiger charge is -2.15. The molecule has 62 valence electrons. The van der Waals surface area contributed by atoms with E-state index < -0.39 is 0 Å². The molecular formula is C9H15NS. The van der Waals surface area contributed by atoms with E-state index in [1.54, 1.807) is 0 Å². The minimum Gasteiger partial charge on any atom is -0.326 e. The first-order chi connectivity index (χ1) is 5.04. The minimum absolute atomic E-state index is 0.276. The molecule has 0 aromatic carbocycles. The first-order valence-corrected chi connectivity index (χ1v) is 4.65. The van der Waals surface area contributed by atoms with Crippen LogP contribution in [0.15, 0.2) is 12.1 Å². The van der Waals surface area contributed by atoms with E-state index in [9.17, 15) is 0 Å². The monoisotopic (exact) mass is 169 g/mol. The molecule has 0 saturated heterocycles. The third kappa shape index (κ3) is 2.04. The average molecular weight is 169 g/mol. The quantitative estimate of drug-likeness (QED) is 0.687. The Bertz CT molecular complexity index is 232. The molecule has 0 aliphatic carbocycles. The lowest BCUT2D eigenvalue weighted by molar-refractivity contribution is 0.604. The standard InChI is InChI=1S/C9H15NS/c1-9(2,3)8-5-4-7(6-10)11-8/h4-5H,6,10H2,1-3H3. The predicted molar refractivity (Wildman–Crippen MR) is 50.9 cm³/mol. The van der Waals surface area contributed by atoms with E-state index in [1.807, 2.05) is 11.3 Å². The van der Waals surface area contributed by atoms with Crippen LogP contribution in [0, 0.1) is 0 Å². The summed E-state index contributed by atoms with van der Waals surface area (Å²) in [6, 6.07) is 4.29. The summed E-state index contributed by atoms with van der Waals surface area (Å²) >= 11 is 1.81. The van der Waals surface area contributed by atoms with Crippen LogP contribution in [0.2, 0.25) is 0 Å². The summed E-state index contributed by atoms with van der Waals surface area (Å²) < 4.78 is 0. The summed E-state index contributed by atoms with van der Waals surface area (Å²) in [5, 5.41) is 0. The zero-order valence-corrected chi connectivity index (χ0v) is 8.16. The molecule has 0 fully saturated rings. The fourth-order valence-electron chi connectivity index (χ4n) is 0.891. The molecule has 0 unspecified atom stereocenters. The van der Waals surface area contributed by atoms with Crippen LogP contribution >= 0.6 is 11.3 Å². The van der Waals surface area contributed by atoms with Crippen LogP contribution in [0.1, 0.15) is 30.5 Å². The van der Waals surface area contributed by atoms with E-state index in [4.69, 9.17) is 5.73 Å². The lowest BCUT2D eigenvalue weighted by Crippen LogP contribution is -2.07. The van der Waals surface area contributed by atoms with E-state index in [0.717, 1.165) is 0 Å². The van der Waals surface area contributed by atoms with Crippen LogP contribution in [0.25, 0.3) is 0 Å². The topological polar surface area (TPSA) is 26.0 Å². The Morgan fingerprint density at radius 1 is 1.36 bits per heavy atom. The largest absolute Gasteiger partial charge is 0.326 e. The number of nitrogens with two attached hydrogens (primary N) is 1. The van der Waals surface area contributed by atoms with Gasteiger partial charge in [-0.25, -0.2) is 0 Å². The Balaban J connectivity index is 2.89. The summed E-state index contributed by atoms with van der Waals surface area (Å²) in [6.07, 6.45) is 0. The van der Waals surface area contributed by atoms with Gasteiger partial charge < -0.3 is 5.73 Å². The first kappa shape index (κ1) is 8.75. The second-order valence-corrected chi connectivity index (χ2v) is 4.89. The van der Waals surface area contributed by atoms with Crippen molar-refractivity contribution in [3.63, 3.8) is 0 Å². The van der Waals surface area contributed by atoms with Crippen molar-refractivity contribution >= 4 is 11.3 Å². The van der Waals surface area contributed by atoms with Crippen LogP contribution in [0.4, 0.5) is 0 Å². The van der Waals surface area contributed by atoms with Gasteiger partial charge >= 0.3 is 0 Å². The third-order valence-electron chi connectivity index (χ3n) is 1.60. The second kappa shape index (κ2) is 2.95. The highest BCUT2D eigenvalue weighted by Crippen LogP contribution is 2.28. The molecular weight excluding hydrogens is 154 g/mol. The maximum absolute atomic E-state index is 5.52. The molecule has 1 aromatic rings. The molecule has 0 saturated carbocycles. The van der Waals surface area contributed by atoms with E-state index >= 15 is 0 Å². The first-order valence-electron chi connectivity index (χ1n) is 3.83. The van der Waals surface area contributed by atoms with Gasteiger partial charge in [0.25, 0.3) is 0 Å². The molecule has 0 aliphatic rings. The Morgan fingerprint density at radius 2 is 2.00 bits per heavy atom. The molecule has 1 heterocycles. The molecule has 0 aliphatic heterocycles. The van der Waals surface area contributed by atoms with Gasteiger partial charge in [-0.2, -0.15) is 0 Å². The molecule has 0 amide bonds. The van der Waals surface area contributed by atoms with E-state index in [0.29, 0.717) is 6.54 Å². The smallest absolute Gasteiger partial charge is 0.0273 e. The number of hydrogen-bond donors (Lipinski definition) is 1. The number of hydrogen-bond acceptors (Lipinski definition) is 2. The van der Waals surface area contributed by atoms with Gasteiger partial charge in [-0.15, -0.1) is 11.3 Å². The van der Waals surface area contributed by atoms with Crippen LogP contribution in [0.5, 0.6) is 0 Å². The fourth-order valence-corrected chi connectivity index (χ4v) is 1.83. The van der Waals surface area contributed by atoms with Gasteiger partial charge in [0, 0.05) is 16.3 Å². The lowest BCUT2D eigenvalue weighted by atomic mass is 9.95. The Morgan fingerprint density at radius 3 is 2.27 bits per heavy atom. The van der Waals surface area contributed by atoms with Gasteiger partial charge in [-0.05, 0) is 17.5 Å². The van der Waals surface area contributed by atoms with Gasteiger partial charge in [-0.3, -0.25) is 0 Å². The van der Waals surface area contributed by atoms with Crippen LogP contribution in [-0.2, 0) is 12.0 Å². The zero-order valence-electron chi connectivity index (χ0n) is 7.35. The molecule has 0 radical (unpaired) electrons. The highest BCUT2D eigenvalue weighted by Gasteiger charge is 2.15. The van der Waals surface area contributed by atoms with Gasteiger partial charge in [0.2, 0.25) is 0 Å². The summed E-state index contributed by atoms with van der Waals surface area (Å²) in [4.78, 5) is 2.69. The Hall–Kier alpha value is -0.340. The summed E-state index contributed by atoms with van der Waals surface area (Å²) in [5.41, 5.74) is 5.79. The van der Waals surface area contributed by atoms with E-state index in [2.05, 4.69) is 32.9 Å². The summed E-state index contributed by atoms with van der Waals surface area (Å²) in [7, 11) is 0. The minimum atomic E-state index is 0.276. The van der Waals surface area contributed by atoms with Crippen molar-refractivity contribution in [2.24, 2.45) is 5.73 Å². The molecule has 0 spiro atoms. The molecule has 1 aromatic heterocycles. The third-order valence-corrected chi connectivity index (χ3v) is 3.14. The summed E-state index contributed by atoms with van der Waals surface area (Å²) in [5.74, 6) is 0. The molecule has 0 atom stereocenters. The predicted octanol–water partition coefficient (Wildman–Crippen LogP) is 2.50. The molecule has 1 rings (SSSR count). The van der Waals surface area contributed by atoms with Crippen molar-refractivity contribution in [2.45, 2.75) is 32.7 Å². The van der Waals surface area contributed by atoms with Crippen molar-refractivity contribution < 1.29 is 0 Å². The maximum Gasteiger partial charge on any atom is 0.0273 e. The molecule has 1 nitrogen and oxygen atoms in total. The molecule has 11 heavy (non-hydrogen) atoms.